The highest BCUT2D eigenvalue weighted by molar-refractivity contribution is 6.25. The molecule has 6 nitrogen and oxygen atoms in total. The Balaban J connectivity index is 2.97. The number of rotatable bonds is 1. The van der Waals surface area contributed by atoms with Crippen molar-refractivity contribution in [3.8, 4) is 0 Å². The SMILES string of the molecule is O=C1OC(O)(C(=O)O)C(Cl)C1O. The normalized spacial score (nSPS) is 41.1. The molecule has 0 bridgehead atoms. The van der Waals surface area contributed by atoms with Crippen LogP contribution in [0.5, 0.6) is 0 Å². The van der Waals surface area contributed by atoms with E-state index in [0.29, 0.717) is 0 Å². The monoisotopic (exact) mass is 196 g/mol. The van der Waals surface area contributed by atoms with E-state index in [9.17, 15) is 9.59 Å². The van der Waals surface area contributed by atoms with Crippen LogP contribution in [0.15, 0.2) is 0 Å². The van der Waals surface area contributed by atoms with Gasteiger partial charge in [0.2, 0.25) is 0 Å². The van der Waals surface area contributed by atoms with Crippen molar-refractivity contribution < 1.29 is 29.6 Å². The smallest absolute Gasteiger partial charge is 0.378 e. The predicted octanol–water partition coefficient (Wildman–Crippen LogP) is -1.72. The van der Waals surface area contributed by atoms with Gasteiger partial charge in [-0.15, -0.1) is 11.6 Å². The highest BCUT2D eigenvalue weighted by Crippen LogP contribution is 2.29. The molecular formula is C5H5ClO6. The summed E-state index contributed by atoms with van der Waals surface area (Å²) in [7, 11) is 0. The number of carbonyl (C=O) groups is 2. The van der Waals surface area contributed by atoms with Crippen LogP contribution >= 0.6 is 11.6 Å². The van der Waals surface area contributed by atoms with Gasteiger partial charge in [-0.05, 0) is 0 Å². The van der Waals surface area contributed by atoms with Gasteiger partial charge in [0.25, 0.3) is 0 Å². The van der Waals surface area contributed by atoms with Gasteiger partial charge in [0, 0.05) is 0 Å². The lowest BCUT2D eigenvalue weighted by atomic mass is 10.1. The molecule has 0 aliphatic carbocycles. The zero-order valence-electron chi connectivity index (χ0n) is 5.60. The number of carboxylic acid groups (broad SMARTS) is 1. The van der Waals surface area contributed by atoms with Gasteiger partial charge in [-0.1, -0.05) is 0 Å². The van der Waals surface area contributed by atoms with Gasteiger partial charge in [-0.3, -0.25) is 0 Å². The molecule has 1 aliphatic rings. The minimum atomic E-state index is -2.82. The van der Waals surface area contributed by atoms with Crippen molar-refractivity contribution >= 4 is 23.5 Å². The van der Waals surface area contributed by atoms with Gasteiger partial charge >= 0.3 is 17.7 Å². The number of aliphatic carboxylic acids is 1. The standard InChI is InChI=1S/C5H5ClO6/c6-2-1(7)3(8)12-5(2,11)4(9)10/h1-2,7,11H,(H,9,10). The molecule has 0 aromatic rings. The molecule has 1 saturated heterocycles. The van der Waals surface area contributed by atoms with Crippen LogP contribution in [-0.4, -0.2) is 44.5 Å². The van der Waals surface area contributed by atoms with Crippen molar-refractivity contribution in [1.82, 2.24) is 0 Å². The van der Waals surface area contributed by atoms with E-state index in [0.717, 1.165) is 0 Å². The predicted molar refractivity (Wildman–Crippen MR) is 34.3 cm³/mol. The lowest BCUT2D eigenvalue weighted by Gasteiger charge is -2.17. The molecule has 68 valence electrons. The summed E-state index contributed by atoms with van der Waals surface area (Å²) in [6.07, 6.45) is -1.81. The Morgan fingerprint density at radius 1 is 1.67 bits per heavy atom. The molecule has 1 heterocycles. The average molecular weight is 197 g/mol. The Bertz CT molecular complexity index is 238. The van der Waals surface area contributed by atoms with Gasteiger partial charge in [-0.25, -0.2) is 9.59 Å². The zero-order chi connectivity index (χ0) is 9.52. The molecule has 0 spiro atoms. The largest absolute Gasteiger partial charge is 0.476 e. The first-order chi connectivity index (χ1) is 5.39. The fourth-order valence-electron chi connectivity index (χ4n) is 0.765. The third-order valence-corrected chi connectivity index (χ3v) is 1.99. The van der Waals surface area contributed by atoms with Crippen molar-refractivity contribution in [2.24, 2.45) is 0 Å². The zero-order valence-corrected chi connectivity index (χ0v) is 6.35. The fraction of sp³-hybridized carbons (Fsp3) is 0.600. The molecule has 0 saturated carbocycles. The minimum absolute atomic E-state index is 1.25. The van der Waals surface area contributed by atoms with Crippen LogP contribution in [0.25, 0.3) is 0 Å². The first-order valence-corrected chi connectivity index (χ1v) is 3.34. The van der Waals surface area contributed by atoms with E-state index in [-0.39, 0.29) is 0 Å². The van der Waals surface area contributed by atoms with Gasteiger partial charge in [0.15, 0.2) is 6.10 Å². The van der Waals surface area contributed by atoms with Crippen LogP contribution in [0.1, 0.15) is 0 Å². The summed E-state index contributed by atoms with van der Waals surface area (Å²) in [4.78, 5) is 20.8. The van der Waals surface area contributed by atoms with E-state index in [2.05, 4.69) is 4.74 Å². The van der Waals surface area contributed by atoms with E-state index >= 15 is 0 Å². The van der Waals surface area contributed by atoms with Crippen LogP contribution in [0.2, 0.25) is 0 Å². The molecule has 0 radical (unpaired) electrons. The quantitative estimate of drug-likeness (QED) is 0.341. The van der Waals surface area contributed by atoms with Crippen molar-refractivity contribution in [1.29, 1.82) is 0 Å². The van der Waals surface area contributed by atoms with Gasteiger partial charge in [0.1, 0.15) is 5.38 Å². The summed E-state index contributed by atoms with van der Waals surface area (Å²) in [5.74, 6) is -5.88. The fourth-order valence-corrected chi connectivity index (χ4v) is 1.01. The van der Waals surface area contributed by atoms with E-state index in [1.807, 2.05) is 0 Å². The summed E-state index contributed by atoms with van der Waals surface area (Å²) < 4.78 is 3.97. The first kappa shape index (κ1) is 9.24. The van der Waals surface area contributed by atoms with Crippen molar-refractivity contribution in [3.05, 3.63) is 0 Å². The maximum atomic E-state index is 10.5. The molecule has 3 atom stereocenters. The molecule has 12 heavy (non-hydrogen) atoms. The van der Waals surface area contributed by atoms with Gasteiger partial charge in [0.05, 0.1) is 0 Å². The summed E-state index contributed by atoms with van der Waals surface area (Å²) >= 11 is 5.23. The molecule has 7 heteroatoms. The van der Waals surface area contributed by atoms with Gasteiger partial charge in [-0.2, -0.15) is 0 Å². The second-order valence-electron chi connectivity index (χ2n) is 2.27. The first-order valence-electron chi connectivity index (χ1n) is 2.90. The molecule has 1 rings (SSSR count). The summed E-state index contributed by atoms with van der Waals surface area (Å²) in [6, 6.07) is 0. The van der Waals surface area contributed by atoms with Crippen molar-refractivity contribution in [3.63, 3.8) is 0 Å². The minimum Gasteiger partial charge on any atom is -0.476 e. The van der Waals surface area contributed by atoms with Crippen molar-refractivity contribution in [2.75, 3.05) is 0 Å². The second-order valence-corrected chi connectivity index (χ2v) is 2.74. The molecule has 0 amide bonds. The molecule has 1 aliphatic heterocycles. The van der Waals surface area contributed by atoms with Crippen LogP contribution in [-0.2, 0) is 14.3 Å². The highest BCUT2D eigenvalue weighted by atomic mass is 35.5. The van der Waals surface area contributed by atoms with Crippen LogP contribution in [0, 0.1) is 0 Å². The molecule has 3 unspecified atom stereocenters. The molecule has 3 N–H and O–H groups in total. The third kappa shape index (κ3) is 1.04. The number of hydrogen-bond acceptors (Lipinski definition) is 5. The number of aliphatic hydroxyl groups excluding tert-OH is 1. The number of ether oxygens (including phenoxy) is 1. The Labute approximate surface area is 71.3 Å². The molecule has 0 aromatic heterocycles. The third-order valence-electron chi connectivity index (χ3n) is 1.46. The Hall–Kier alpha value is -0.850. The van der Waals surface area contributed by atoms with Crippen LogP contribution < -0.4 is 0 Å². The second kappa shape index (κ2) is 2.58. The molecule has 0 aromatic carbocycles. The number of alkyl halides is 1. The Morgan fingerprint density at radius 2 is 2.17 bits per heavy atom. The highest BCUT2D eigenvalue weighted by Gasteiger charge is 2.59. The average Bonchev–Trinajstić information content (AvgIpc) is 2.17. The number of carbonyl (C=O) groups excluding carboxylic acids is 1. The van der Waals surface area contributed by atoms with Crippen LogP contribution in [0.3, 0.4) is 0 Å². The maximum absolute atomic E-state index is 10.5. The Morgan fingerprint density at radius 3 is 2.33 bits per heavy atom. The lowest BCUT2D eigenvalue weighted by Crippen LogP contribution is -2.46. The van der Waals surface area contributed by atoms with E-state index in [4.69, 9.17) is 26.9 Å². The number of esters is 1. The summed E-state index contributed by atoms with van der Waals surface area (Å²) in [6.45, 7) is 0. The van der Waals surface area contributed by atoms with E-state index < -0.39 is 29.2 Å². The number of hydrogen-bond donors (Lipinski definition) is 3. The number of halogens is 1. The maximum Gasteiger partial charge on any atom is 0.378 e. The number of carboxylic acids is 1. The van der Waals surface area contributed by atoms with Gasteiger partial charge < -0.3 is 20.1 Å². The summed E-state index contributed by atoms with van der Waals surface area (Å²) in [5, 5.41) is 24.5. The topological polar surface area (TPSA) is 104 Å². The molecule has 1 fully saturated rings. The van der Waals surface area contributed by atoms with Crippen molar-refractivity contribution in [2.45, 2.75) is 17.3 Å². The van der Waals surface area contributed by atoms with E-state index in [1.54, 1.807) is 0 Å². The van der Waals surface area contributed by atoms with Crippen LogP contribution in [0.4, 0.5) is 0 Å². The lowest BCUT2D eigenvalue weighted by molar-refractivity contribution is -0.208. The molecular weight excluding hydrogens is 192 g/mol. The summed E-state index contributed by atoms with van der Waals surface area (Å²) in [5.41, 5.74) is 0. The Kier molecular flexibility index (Phi) is 1.99. The number of cyclic esters (lactones) is 1. The number of aliphatic hydroxyl groups is 2. The van der Waals surface area contributed by atoms with E-state index in [1.165, 1.54) is 0 Å².